The summed E-state index contributed by atoms with van der Waals surface area (Å²) in [5.74, 6) is -1.56. The first kappa shape index (κ1) is 27.1. The van der Waals surface area contributed by atoms with Gasteiger partial charge in [0.05, 0.1) is 23.8 Å². The van der Waals surface area contributed by atoms with Gasteiger partial charge in [-0.2, -0.15) is 0 Å². The van der Waals surface area contributed by atoms with Crippen LogP contribution in [0.25, 0.3) is 0 Å². The average Bonchev–Trinajstić information content (AvgIpc) is 3.27. The maximum Gasteiger partial charge on any atom is 0.255 e. The molecule has 36 heavy (non-hydrogen) atoms. The van der Waals surface area contributed by atoms with Crippen LogP contribution in [0.4, 0.5) is 4.39 Å². The molecular formula is C24H34FN7O4. The van der Waals surface area contributed by atoms with Crippen LogP contribution in [0.1, 0.15) is 43.2 Å². The number of nitrogens with one attached hydrogen (secondary N) is 2. The summed E-state index contributed by atoms with van der Waals surface area (Å²) in [5.41, 5.74) is 6.48. The Bertz CT molecular complexity index is 1070. The van der Waals surface area contributed by atoms with Crippen molar-refractivity contribution in [1.82, 2.24) is 30.5 Å². The third kappa shape index (κ3) is 7.48. The molecule has 0 saturated heterocycles. The van der Waals surface area contributed by atoms with Crippen molar-refractivity contribution in [3.63, 3.8) is 0 Å². The van der Waals surface area contributed by atoms with Gasteiger partial charge in [0.25, 0.3) is 5.91 Å². The van der Waals surface area contributed by atoms with Gasteiger partial charge in [-0.1, -0.05) is 19.1 Å². The zero-order valence-electron chi connectivity index (χ0n) is 20.9. The molecule has 196 valence electrons. The Kier molecular flexibility index (Phi) is 9.34. The molecule has 1 aliphatic heterocycles. The van der Waals surface area contributed by atoms with Gasteiger partial charge in [0, 0.05) is 32.3 Å². The van der Waals surface area contributed by atoms with Gasteiger partial charge in [0.15, 0.2) is 0 Å². The van der Waals surface area contributed by atoms with Crippen LogP contribution in [0.5, 0.6) is 5.75 Å². The van der Waals surface area contributed by atoms with Gasteiger partial charge in [0.1, 0.15) is 24.2 Å². The Labute approximate surface area is 209 Å². The molecule has 2 bridgehead atoms. The van der Waals surface area contributed by atoms with E-state index in [1.807, 2.05) is 13.8 Å². The topological polar surface area (TPSA) is 144 Å². The maximum absolute atomic E-state index is 14.0. The Balaban J connectivity index is 1.87. The predicted octanol–water partition coefficient (Wildman–Crippen LogP) is 0.489. The zero-order chi connectivity index (χ0) is 26.2. The second kappa shape index (κ2) is 12.4. The highest BCUT2D eigenvalue weighted by Crippen LogP contribution is 2.21. The number of amides is 3. The van der Waals surface area contributed by atoms with Crippen LogP contribution in [0.15, 0.2) is 24.4 Å². The van der Waals surface area contributed by atoms with E-state index in [-0.39, 0.29) is 42.8 Å². The minimum atomic E-state index is -0.852. The van der Waals surface area contributed by atoms with Crippen LogP contribution < -0.4 is 21.1 Å². The molecule has 3 rings (SSSR count). The summed E-state index contributed by atoms with van der Waals surface area (Å²) in [6.45, 7) is 6.73. The normalized spacial score (nSPS) is 18.8. The van der Waals surface area contributed by atoms with Crippen LogP contribution in [-0.4, -0.2) is 75.9 Å². The van der Waals surface area contributed by atoms with Crippen molar-refractivity contribution in [2.75, 3.05) is 26.2 Å². The highest BCUT2D eigenvalue weighted by Gasteiger charge is 2.25. The van der Waals surface area contributed by atoms with Crippen LogP contribution >= 0.6 is 0 Å². The molecular weight excluding hydrogens is 469 g/mol. The Morgan fingerprint density at radius 3 is 2.75 bits per heavy atom. The molecule has 2 heterocycles. The molecule has 1 aliphatic rings. The quantitative estimate of drug-likeness (QED) is 0.553. The van der Waals surface area contributed by atoms with Crippen molar-refractivity contribution in [3.8, 4) is 5.75 Å². The van der Waals surface area contributed by atoms with Gasteiger partial charge >= 0.3 is 0 Å². The highest BCUT2D eigenvalue weighted by molar-refractivity contribution is 5.99. The first-order valence-corrected chi connectivity index (χ1v) is 12.1. The third-order valence-corrected chi connectivity index (χ3v) is 5.70. The number of hydrogen-bond acceptors (Lipinski definition) is 7. The Morgan fingerprint density at radius 1 is 1.25 bits per heavy atom. The molecule has 0 unspecified atom stereocenters. The van der Waals surface area contributed by atoms with Crippen LogP contribution in [0.2, 0.25) is 0 Å². The van der Waals surface area contributed by atoms with Gasteiger partial charge in [0.2, 0.25) is 11.8 Å². The van der Waals surface area contributed by atoms with E-state index in [0.717, 1.165) is 6.07 Å². The van der Waals surface area contributed by atoms with Gasteiger partial charge in [-0.3, -0.25) is 14.4 Å². The minimum Gasteiger partial charge on any atom is -0.491 e. The standard InChI is InChI=1S/C24H34FN7O4/c1-15(2)12-20-23(34)27-7-9-31(24(35)16(3)26)8-6-18-14-32(30-29-18)10-11-36-21-5-4-17(25)13-19(21)22(33)28-20/h4-5,13-16,20H,6-12,26H2,1-3H3,(H,27,34)(H,28,33)/t16-,20+/m0/s1. The maximum atomic E-state index is 14.0. The summed E-state index contributed by atoms with van der Waals surface area (Å²) >= 11 is 0. The van der Waals surface area contributed by atoms with E-state index in [0.29, 0.717) is 31.6 Å². The van der Waals surface area contributed by atoms with Crippen LogP contribution in [0.3, 0.4) is 0 Å². The molecule has 0 fully saturated rings. The zero-order valence-corrected chi connectivity index (χ0v) is 20.9. The number of nitrogens with zero attached hydrogens (tertiary/aromatic N) is 4. The number of hydrogen-bond donors (Lipinski definition) is 3. The molecule has 0 aliphatic carbocycles. The fourth-order valence-electron chi connectivity index (χ4n) is 3.86. The number of rotatable bonds is 3. The first-order chi connectivity index (χ1) is 17.1. The summed E-state index contributed by atoms with van der Waals surface area (Å²) in [4.78, 5) is 40.2. The molecule has 1 aromatic carbocycles. The predicted molar refractivity (Wildman–Crippen MR) is 130 cm³/mol. The lowest BCUT2D eigenvalue weighted by atomic mass is 10.0. The largest absolute Gasteiger partial charge is 0.491 e. The van der Waals surface area contributed by atoms with E-state index < -0.39 is 29.7 Å². The van der Waals surface area contributed by atoms with Crippen molar-refractivity contribution in [3.05, 3.63) is 41.5 Å². The van der Waals surface area contributed by atoms with E-state index in [2.05, 4.69) is 20.9 Å². The van der Waals surface area contributed by atoms with E-state index >= 15 is 0 Å². The lowest BCUT2D eigenvalue weighted by Gasteiger charge is -2.25. The summed E-state index contributed by atoms with van der Waals surface area (Å²) < 4.78 is 21.4. The smallest absolute Gasteiger partial charge is 0.255 e. The fourth-order valence-corrected chi connectivity index (χ4v) is 3.86. The number of carbonyl (C=O) groups is 3. The SMILES string of the molecule is CC(C)C[C@H]1NC(=O)c2cc(F)ccc2OCCn2cc(nn2)CCN(C(=O)[C@H](C)N)CCNC1=O. The Hall–Kier alpha value is -3.54. The van der Waals surface area contributed by atoms with Crippen molar-refractivity contribution in [1.29, 1.82) is 0 Å². The number of aromatic nitrogens is 3. The molecule has 11 nitrogen and oxygen atoms in total. The molecule has 12 heteroatoms. The molecule has 0 spiro atoms. The lowest BCUT2D eigenvalue weighted by molar-refractivity contribution is -0.132. The monoisotopic (exact) mass is 503 g/mol. The lowest BCUT2D eigenvalue weighted by Crippen LogP contribution is -2.50. The van der Waals surface area contributed by atoms with Crippen LogP contribution in [-0.2, 0) is 22.6 Å². The van der Waals surface area contributed by atoms with Gasteiger partial charge < -0.3 is 26.0 Å². The number of benzene rings is 1. The van der Waals surface area contributed by atoms with Crippen molar-refractivity contribution in [2.24, 2.45) is 11.7 Å². The minimum absolute atomic E-state index is 0.00865. The molecule has 4 N–H and O–H groups in total. The first-order valence-electron chi connectivity index (χ1n) is 12.1. The van der Waals surface area contributed by atoms with Gasteiger partial charge in [-0.25, -0.2) is 9.07 Å². The summed E-state index contributed by atoms with van der Waals surface area (Å²) in [5, 5.41) is 13.7. The van der Waals surface area contributed by atoms with Gasteiger partial charge in [-0.05, 0) is 37.5 Å². The molecule has 2 atom stereocenters. The van der Waals surface area contributed by atoms with Crippen molar-refractivity contribution in [2.45, 2.75) is 52.2 Å². The van der Waals surface area contributed by atoms with E-state index in [9.17, 15) is 18.8 Å². The molecule has 3 amide bonds. The second-order valence-electron chi connectivity index (χ2n) is 9.27. The number of ether oxygens (including phenoxy) is 1. The summed E-state index contributed by atoms with van der Waals surface area (Å²) in [7, 11) is 0. The third-order valence-electron chi connectivity index (χ3n) is 5.70. The highest BCUT2D eigenvalue weighted by atomic mass is 19.1. The van der Waals surface area contributed by atoms with E-state index in [1.165, 1.54) is 12.1 Å². The van der Waals surface area contributed by atoms with Gasteiger partial charge in [-0.15, -0.1) is 5.10 Å². The Morgan fingerprint density at radius 2 is 2.03 bits per heavy atom. The number of nitrogens with two attached hydrogens (primary N) is 1. The second-order valence-corrected chi connectivity index (χ2v) is 9.27. The summed E-state index contributed by atoms with van der Waals surface area (Å²) in [6, 6.07) is 2.13. The molecule has 1 aromatic heterocycles. The summed E-state index contributed by atoms with van der Waals surface area (Å²) in [6.07, 6.45) is 2.58. The van der Waals surface area contributed by atoms with Crippen LogP contribution in [0, 0.1) is 11.7 Å². The van der Waals surface area contributed by atoms with Crippen molar-refractivity contribution >= 4 is 17.7 Å². The van der Waals surface area contributed by atoms with E-state index in [1.54, 1.807) is 22.7 Å². The average molecular weight is 504 g/mol. The number of carbonyl (C=O) groups excluding carboxylic acids is 3. The van der Waals surface area contributed by atoms with Crippen molar-refractivity contribution < 1.29 is 23.5 Å². The fraction of sp³-hybridized carbons (Fsp3) is 0.542. The molecule has 0 saturated carbocycles. The molecule has 0 radical (unpaired) electrons. The molecule has 2 aromatic rings. The number of fused-ring (bicyclic) bond motifs is 3. The van der Waals surface area contributed by atoms with E-state index in [4.69, 9.17) is 10.5 Å². The number of halogens is 1.